The minimum atomic E-state index is -0.833. The number of likely N-dealkylation sites (N-methyl/N-ethyl adjacent to an activating group) is 2. The molecule has 250 valence electrons. The summed E-state index contributed by atoms with van der Waals surface area (Å²) in [4.78, 5) is 49.7. The van der Waals surface area contributed by atoms with E-state index in [1.807, 2.05) is 78.2 Å². The van der Waals surface area contributed by atoms with Crippen LogP contribution in [0.25, 0.3) is 11.1 Å². The SMILES string of the molecule is CN(C(=O)/C=C/CC1(N)CCC1)[C@H](Cc1ccc(-c2ccccc2)cc1)C(=O)N(C)[C@H](Cc1cccs1)C(=O)NCCc1ccncc1. The number of hydrogen-bond donors (Lipinski definition) is 2. The quantitative estimate of drug-likeness (QED) is 0.165. The van der Waals surface area contributed by atoms with Gasteiger partial charge in [0, 0.05) is 56.3 Å². The molecule has 48 heavy (non-hydrogen) atoms. The van der Waals surface area contributed by atoms with E-state index in [1.165, 1.54) is 15.9 Å². The largest absolute Gasteiger partial charge is 0.354 e. The molecule has 0 radical (unpaired) electrons. The monoisotopic (exact) mass is 663 g/mol. The third-order valence-corrected chi connectivity index (χ3v) is 10.2. The summed E-state index contributed by atoms with van der Waals surface area (Å²) < 4.78 is 0. The van der Waals surface area contributed by atoms with Crippen LogP contribution < -0.4 is 11.1 Å². The molecule has 8 nitrogen and oxygen atoms in total. The molecule has 5 rings (SSSR count). The lowest BCUT2D eigenvalue weighted by Crippen LogP contribution is -2.56. The van der Waals surface area contributed by atoms with Crippen LogP contribution in [0.15, 0.2) is 109 Å². The van der Waals surface area contributed by atoms with E-state index in [4.69, 9.17) is 5.73 Å². The molecule has 0 saturated heterocycles. The van der Waals surface area contributed by atoms with Crippen molar-refractivity contribution in [3.63, 3.8) is 0 Å². The molecular weight excluding hydrogens is 619 g/mol. The molecule has 3 amide bonds. The van der Waals surface area contributed by atoms with Crippen molar-refractivity contribution in [2.24, 2.45) is 5.73 Å². The van der Waals surface area contributed by atoms with Crippen molar-refractivity contribution in [3.05, 3.63) is 125 Å². The summed E-state index contributed by atoms with van der Waals surface area (Å²) in [5, 5.41) is 5.01. The van der Waals surface area contributed by atoms with Crippen molar-refractivity contribution in [1.29, 1.82) is 0 Å². The van der Waals surface area contributed by atoms with Gasteiger partial charge in [0.15, 0.2) is 0 Å². The Morgan fingerprint density at radius 1 is 0.875 bits per heavy atom. The first kappa shape index (κ1) is 34.7. The smallest absolute Gasteiger partial charge is 0.246 e. The highest BCUT2D eigenvalue weighted by Crippen LogP contribution is 2.32. The Morgan fingerprint density at radius 3 is 2.23 bits per heavy atom. The average Bonchev–Trinajstić information content (AvgIpc) is 3.62. The van der Waals surface area contributed by atoms with Crippen molar-refractivity contribution in [3.8, 4) is 11.1 Å². The first-order valence-corrected chi connectivity index (χ1v) is 17.4. The van der Waals surface area contributed by atoms with Gasteiger partial charge in [-0.15, -0.1) is 11.3 Å². The first-order chi connectivity index (χ1) is 23.2. The number of nitrogens with two attached hydrogens (primary N) is 1. The number of nitrogens with zero attached hydrogens (tertiary/aromatic N) is 3. The van der Waals surface area contributed by atoms with Gasteiger partial charge in [-0.25, -0.2) is 0 Å². The fourth-order valence-electron chi connectivity index (χ4n) is 5.99. The number of thiophene rings is 1. The molecule has 1 fully saturated rings. The number of benzene rings is 2. The van der Waals surface area contributed by atoms with Crippen molar-refractivity contribution in [2.75, 3.05) is 20.6 Å². The molecule has 0 bridgehead atoms. The van der Waals surface area contributed by atoms with Gasteiger partial charge in [-0.3, -0.25) is 19.4 Å². The van der Waals surface area contributed by atoms with Crippen LogP contribution in [0, 0.1) is 0 Å². The second kappa shape index (κ2) is 16.5. The van der Waals surface area contributed by atoms with Crippen LogP contribution in [0.1, 0.15) is 41.7 Å². The summed E-state index contributed by atoms with van der Waals surface area (Å²) in [6, 6.07) is 24.3. The van der Waals surface area contributed by atoms with Gasteiger partial charge in [0.2, 0.25) is 17.7 Å². The lowest BCUT2D eigenvalue weighted by molar-refractivity contribution is -0.146. The molecule has 2 aromatic carbocycles. The summed E-state index contributed by atoms with van der Waals surface area (Å²) >= 11 is 1.55. The van der Waals surface area contributed by atoms with Gasteiger partial charge in [0.05, 0.1) is 0 Å². The number of nitrogens with one attached hydrogen (secondary N) is 1. The van der Waals surface area contributed by atoms with Gasteiger partial charge in [-0.05, 0) is 84.0 Å². The van der Waals surface area contributed by atoms with Crippen molar-refractivity contribution in [1.82, 2.24) is 20.1 Å². The van der Waals surface area contributed by atoms with E-state index in [1.54, 1.807) is 37.8 Å². The third kappa shape index (κ3) is 9.27. The average molecular weight is 664 g/mol. The summed E-state index contributed by atoms with van der Waals surface area (Å²) in [6.07, 6.45) is 11.7. The summed E-state index contributed by atoms with van der Waals surface area (Å²) in [6.45, 7) is 0.425. The first-order valence-electron chi connectivity index (χ1n) is 16.5. The van der Waals surface area contributed by atoms with E-state index < -0.39 is 12.1 Å². The zero-order valence-corrected chi connectivity index (χ0v) is 28.6. The Hall–Kier alpha value is -4.60. The van der Waals surface area contributed by atoms with E-state index >= 15 is 0 Å². The number of amides is 3. The van der Waals surface area contributed by atoms with E-state index in [0.29, 0.717) is 32.2 Å². The standard InChI is InChI=1S/C39H45N5O3S/c1-43(36(45)12-6-20-39(40)21-8-22-39)35(27-30-13-15-32(16-14-30)31-9-4-3-5-10-31)38(47)44(2)34(28-33-11-7-26-48-33)37(46)42-25-19-29-17-23-41-24-18-29/h3-7,9-18,23-24,26,34-35H,8,19-22,25,27-28,40H2,1-2H3,(H,42,46)/b12-6+/t34-,35-/m1/s1. The molecule has 1 aliphatic carbocycles. The van der Waals surface area contributed by atoms with Crippen LogP contribution in [0.4, 0.5) is 0 Å². The molecule has 9 heteroatoms. The van der Waals surface area contributed by atoms with Crippen LogP contribution in [0.3, 0.4) is 0 Å². The molecule has 2 atom stereocenters. The van der Waals surface area contributed by atoms with Crippen LogP contribution in [0.2, 0.25) is 0 Å². The number of aromatic nitrogens is 1. The highest BCUT2D eigenvalue weighted by atomic mass is 32.1. The Labute approximate surface area is 287 Å². The highest BCUT2D eigenvalue weighted by Gasteiger charge is 2.35. The maximum atomic E-state index is 14.4. The molecule has 0 spiro atoms. The number of carbonyl (C=O) groups is 3. The van der Waals surface area contributed by atoms with Crippen molar-refractivity contribution < 1.29 is 14.4 Å². The van der Waals surface area contributed by atoms with Crippen LogP contribution in [-0.4, -0.2) is 70.8 Å². The van der Waals surface area contributed by atoms with E-state index in [2.05, 4.69) is 22.4 Å². The number of rotatable bonds is 15. The number of carbonyl (C=O) groups excluding carboxylic acids is 3. The zero-order chi connectivity index (χ0) is 33.9. The van der Waals surface area contributed by atoms with Crippen LogP contribution in [0.5, 0.6) is 0 Å². The van der Waals surface area contributed by atoms with E-state index in [0.717, 1.165) is 46.4 Å². The fourth-order valence-corrected chi connectivity index (χ4v) is 6.73. The van der Waals surface area contributed by atoms with Crippen LogP contribution in [-0.2, 0) is 33.6 Å². The third-order valence-electron chi connectivity index (χ3n) is 9.28. The summed E-state index contributed by atoms with van der Waals surface area (Å²) in [5.41, 5.74) is 10.3. The highest BCUT2D eigenvalue weighted by molar-refractivity contribution is 7.09. The topological polar surface area (TPSA) is 109 Å². The van der Waals surface area contributed by atoms with Crippen molar-refractivity contribution >= 4 is 29.1 Å². The molecule has 1 saturated carbocycles. The fraction of sp³-hybridized carbons (Fsp3) is 0.333. The molecule has 2 aromatic heterocycles. The molecule has 0 unspecified atom stereocenters. The zero-order valence-electron chi connectivity index (χ0n) is 27.8. The van der Waals surface area contributed by atoms with Crippen LogP contribution >= 0.6 is 11.3 Å². The Bertz CT molecular complexity index is 1650. The summed E-state index contributed by atoms with van der Waals surface area (Å²) in [7, 11) is 3.32. The normalized spacial score (nSPS) is 14.9. The predicted octanol–water partition coefficient (Wildman–Crippen LogP) is 5.44. The second-order valence-corrected chi connectivity index (χ2v) is 13.7. The molecule has 0 aliphatic heterocycles. The second-order valence-electron chi connectivity index (χ2n) is 12.7. The number of pyridine rings is 1. The molecule has 1 aliphatic rings. The van der Waals surface area contributed by atoms with Gasteiger partial charge in [0.1, 0.15) is 12.1 Å². The van der Waals surface area contributed by atoms with Crippen molar-refractivity contribution in [2.45, 2.75) is 62.6 Å². The maximum absolute atomic E-state index is 14.4. The predicted molar refractivity (Wildman–Crippen MR) is 192 cm³/mol. The molecule has 2 heterocycles. The van der Waals surface area contributed by atoms with Gasteiger partial charge in [0.25, 0.3) is 0 Å². The lowest BCUT2D eigenvalue weighted by atomic mass is 9.75. The lowest BCUT2D eigenvalue weighted by Gasteiger charge is -2.37. The van der Waals surface area contributed by atoms with E-state index in [-0.39, 0.29) is 23.3 Å². The van der Waals surface area contributed by atoms with Gasteiger partial charge < -0.3 is 20.9 Å². The Balaban J connectivity index is 1.36. The Kier molecular flexibility index (Phi) is 11.9. The van der Waals surface area contributed by atoms with E-state index in [9.17, 15) is 14.4 Å². The minimum absolute atomic E-state index is 0.234. The summed E-state index contributed by atoms with van der Waals surface area (Å²) in [5.74, 6) is -0.810. The van der Waals surface area contributed by atoms with Gasteiger partial charge in [-0.1, -0.05) is 66.7 Å². The maximum Gasteiger partial charge on any atom is 0.246 e. The van der Waals surface area contributed by atoms with Gasteiger partial charge >= 0.3 is 0 Å². The number of hydrogen-bond acceptors (Lipinski definition) is 6. The molecular formula is C39H45N5O3S. The minimum Gasteiger partial charge on any atom is -0.354 e. The molecule has 4 aromatic rings. The molecule has 3 N–H and O–H groups in total. The Morgan fingerprint density at radius 2 is 1.58 bits per heavy atom. The van der Waals surface area contributed by atoms with Gasteiger partial charge in [-0.2, -0.15) is 0 Å².